The van der Waals surface area contributed by atoms with Crippen molar-refractivity contribution >= 4 is 5.97 Å². The van der Waals surface area contributed by atoms with E-state index in [-0.39, 0.29) is 23.4 Å². The molecule has 0 amide bonds. The second kappa shape index (κ2) is 11.7. The van der Waals surface area contributed by atoms with Gasteiger partial charge in [0, 0.05) is 0 Å². The van der Waals surface area contributed by atoms with Gasteiger partial charge in [-0.3, -0.25) is 4.79 Å². The number of ether oxygens (including phenoxy) is 1. The molecule has 2 fully saturated rings. The lowest BCUT2D eigenvalue weighted by Crippen LogP contribution is -2.33. The highest BCUT2D eigenvalue weighted by atomic mass is 16.5. The van der Waals surface area contributed by atoms with Crippen molar-refractivity contribution in [1.29, 1.82) is 5.26 Å². The summed E-state index contributed by atoms with van der Waals surface area (Å²) in [5.74, 6) is 0.891. The van der Waals surface area contributed by atoms with Gasteiger partial charge >= 0.3 is 5.97 Å². The lowest BCUT2D eigenvalue weighted by molar-refractivity contribution is -0.157. The smallest absolute Gasteiger partial charge is 0.309 e. The van der Waals surface area contributed by atoms with E-state index in [4.69, 9.17) is 4.74 Å². The van der Waals surface area contributed by atoms with Gasteiger partial charge in [-0.1, -0.05) is 58.8 Å². The van der Waals surface area contributed by atoms with Crippen molar-refractivity contribution < 1.29 is 9.53 Å². The molecular weight excluding hydrogens is 334 g/mol. The van der Waals surface area contributed by atoms with Crippen LogP contribution in [0.3, 0.4) is 0 Å². The predicted octanol–water partition coefficient (Wildman–Crippen LogP) is 6.95. The quantitative estimate of drug-likeness (QED) is 0.306. The van der Waals surface area contributed by atoms with Crippen LogP contribution in [-0.2, 0) is 9.53 Å². The highest BCUT2D eigenvalue weighted by molar-refractivity contribution is 5.72. The minimum Gasteiger partial charge on any atom is -0.462 e. The molecule has 2 aliphatic carbocycles. The van der Waals surface area contributed by atoms with E-state index in [9.17, 15) is 10.1 Å². The molecule has 0 aromatic heterocycles. The maximum Gasteiger partial charge on any atom is 0.309 e. The molecule has 0 aromatic rings. The molecule has 0 saturated heterocycles. The summed E-state index contributed by atoms with van der Waals surface area (Å²) in [6.07, 6.45) is 18.3. The van der Waals surface area contributed by atoms with Crippen LogP contribution < -0.4 is 0 Å². The van der Waals surface area contributed by atoms with Gasteiger partial charge < -0.3 is 4.74 Å². The van der Waals surface area contributed by atoms with Gasteiger partial charge in [-0.25, -0.2) is 0 Å². The fraction of sp³-hybridized carbons (Fsp3) is 0.917. The first kappa shape index (κ1) is 22.3. The average molecular weight is 376 g/mol. The summed E-state index contributed by atoms with van der Waals surface area (Å²) in [5.41, 5.74) is -0.180. The van der Waals surface area contributed by atoms with Gasteiger partial charge in [0.1, 0.15) is 6.10 Å². The van der Waals surface area contributed by atoms with Gasteiger partial charge in [-0.2, -0.15) is 5.26 Å². The number of hydrogen-bond donors (Lipinski definition) is 0. The van der Waals surface area contributed by atoms with E-state index in [1.54, 1.807) is 0 Å². The number of nitriles is 1. The van der Waals surface area contributed by atoms with Gasteiger partial charge in [0.05, 0.1) is 17.4 Å². The average Bonchev–Trinajstić information content (AvgIpc) is 2.70. The Hall–Kier alpha value is -1.04. The first-order valence-corrected chi connectivity index (χ1v) is 11.7. The molecule has 0 aromatic carbocycles. The Morgan fingerprint density at radius 2 is 1.63 bits per heavy atom. The Bertz CT molecular complexity index is 465. The maximum absolute atomic E-state index is 12.6. The van der Waals surface area contributed by atoms with Crippen molar-refractivity contribution in [3.05, 3.63) is 0 Å². The van der Waals surface area contributed by atoms with E-state index < -0.39 is 0 Å². The van der Waals surface area contributed by atoms with Gasteiger partial charge in [-0.05, 0) is 63.7 Å². The Kier molecular flexibility index (Phi) is 9.66. The van der Waals surface area contributed by atoms with Crippen molar-refractivity contribution in [2.24, 2.45) is 17.3 Å². The van der Waals surface area contributed by atoms with E-state index in [1.807, 2.05) is 0 Å². The third-order valence-electron chi connectivity index (χ3n) is 7.03. The van der Waals surface area contributed by atoms with Gasteiger partial charge in [0.15, 0.2) is 0 Å². The van der Waals surface area contributed by atoms with Crippen LogP contribution in [-0.4, -0.2) is 12.1 Å². The Morgan fingerprint density at radius 3 is 2.22 bits per heavy atom. The lowest BCUT2D eigenvalue weighted by atomic mass is 9.69. The zero-order valence-corrected chi connectivity index (χ0v) is 17.8. The summed E-state index contributed by atoms with van der Waals surface area (Å²) in [6.45, 7) is 4.40. The van der Waals surface area contributed by atoms with Crippen LogP contribution in [0.5, 0.6) is 0 Å². The van der Waals surface area contributed by atoms with Gasteiger partial charge in [0.25, 0.3) is 0 Å². The van der Waals surface area contributed by atoms with E-state index in [2.05, 4.69) is 19.9 Å². The number of esters is 1. The van der Waals surface area contributed by atoms with Crippen molar-refractivity contribution in [2.75, 3.05) is 0 Å². The molecule has 0 radical (unpaired) electrons. The molecule has 2 saturated carbocycles. The molecule has 3 heteroatoms. The molecule has 3 nitrogen and oxygen atoms in total. The number of unbranched alkanes of at least 4 members (excludes halogenated alkanes) is 4. The first-order valence-electron chi connectivity index (χ1n) is 11.7. The number of nitrogens with zero attached hydrogens (tertiary/aromatic N) is 1. The van der Waals surface area contributed by atoms with Crippen molar-refractivity contribution in [1.82, 2.24) is 0 Å². The molecular formula is C24H41NO2. The highest BCUT2D eigenvalue weighted by Crippen LogP contribution is 2.42. The maximum atomic E-state index is 12.6. The summed E-state index contributed by atoms with van der Waals surface area (Å²) < 4.78 is 5.88. The number of carbonyl (C=O) groups excluding carboxylic acids is 1. The predicted molar refractivity (Wildman–Crippen MR) is 110 cm³/mol. The molecule has 2 aliphatic rings. The van der Waals surface area contributed by atoms with E-state index >= 15 is 0 Å². The van der Waals surface area contributed by atoms with E-state index in [1.165, 1.54) is 51.4 Å². The first-order chi connectivity index (χ1) is 13.1. The molecule has 0 unspecified atom stereocenters. The van der Waals surface area contributed by atoms with Crippen LogP contribution in [0.2, 0.25) is 0 Å². The van der Waals surface area contributed by atoms with E-state index in [0.717, 1.165) is 57.3 Å². The largest absolute Gasteiger partial charge is 0.462 e. The van der Waals surface area contributed by atoms with Crippen molar-refractivity contribution in [2.45, 2.75) is 123 Å². The molecule has 2 rings (SSSR count). The van der Waals surface area contributed by atoms with Crippen LogP contribution in [0.25, 0.3) is 0 Å². The van der Waals surface area contributed by atoms with Crippen molar-refractivity contribution in [3.63, 3.8) is 0 Å². The molecule has 0 atom stereocenters. The topological polar surface area (TPSA) is 50.1 Å². The Balaban J connectivity index is 1.63. The standard InChI is InChI=1S/C24H41NO2/c1-3-5-6-7-8-9-20-10-12-22(13-11-20)27-23(26)21-14-17-24(19-25,16-4-2)18-15-21/h20-22H,3-18H2,1-2H3. The molecule has 0 aliphatic heterocycles. The van der Waals surface area contributed by atoms with Crippen LogP contribution in [0.4, 0.5) is 0 Å². The van der Waals surface area contributed by atoms with Gasteiger partial charge in [0.2, 0.25) is 0 Å². The minimum atomic E-state index is -0.180. The monoisotopic (exact) mass is 375 g/mol. The molecule has 154 valence electrons. The Morgan fingerprint density at radius 1 is 0.963 bits per heavy atom. The van der Waals surface area contributed by atoms with Crippen LogP contribution >= 0.6 is 0 Å². The molecule has 0 N–H and O–H groups in total. The zero-order chi connectivity index (χ0) is 19.5. The highest BCUT2D eigenvalue weighted by Gasteiger charge is 2.38. The molecule has 0 bridgehead atoms. The van der Waals surface area contributed by atoms with Crippen LogP contribution in [0.1, 0.15) is 117 Å². The second-order valence-electron chi connectivity index (χ2n) is 9.20. The molecule has 0 spiro atoms. The summed E-state index contributed by atoms with van der Waals surface area (Å²) in [7, 11) is 0. The van der Waals surface area contributed by atoms with Crippen LogP contribution in [0, 0.1) is 28.6 Å². The summed E-state index contributed by atoms with van der Waals surface area (Å²) in [6, 6.07) is 2.54. The summed E-state index contributed by atoms with van der Waals surface area (Å²) in [4.78, 5) is 12.6. The third kappa shape index (κ3) is 7.13. The zero-order valence-electron chi connectivity index (χ0n) is 17.8. The van der Waals surface area contributed by atoms with Crippen molar-refractivity contribution in [3.8, 4) is 6.07 Å². The van der Waals surface area contributed by atoms with Gasteiger partial charge in [-0.15, -0.1) is 0 Å². The van der Waals surface area contributed by atoms with Crippen LogP contribution in [0.15, 0.2) is 0 Å². The lowest BCUT2D eigenvalue weighted by Gasteiger charge is -2.35. The summed E-state index contributed by atoms with van der Waals surface area (Å²) >= 11 is 0. The number of hydrogen-bond acceptors (Lipinski definition) is 3. The normalized spacial score (nSPS) is 31.2. The number of rotatable bonds is 10. The number of carbonyl (C=O) groups is 1. The van der Waals surface area contributed by atoms with E-state index in [0.29, 0.717) is 0 Å². The fourth-order valence-electron chi connectivity index (χ4n) is 5.14. The third-order valence-corrected chi connectivity index (χ3v) is 7.03. The SMILES string of the molecule is CCCCCCCC1CCC(OC(=O)C2CCC(C#N)(CCC)CC2)CC1. The fourth-order valence-corrected chi connectivity index (χ4v) is 5.14. The second-order valence-corrected chi connectivity index (χ2v) is 9.20. The minimum absolute atomic E-state index is 0.0149. The molecule has 0 heterocycles. The molecule has 27 heavy (non-hydrogen) atoms. The summed E-state index contributed by atoms with van der Waals surface area (Å²) in [5, 5.41) is 9.52. The Labute approximate surface area is 167 Å².